The fourth-order valence-electron chi connectivity index (χ4n) is 3.11. The van der Waals surface area contributed by atoms with E-state index < -0.39 is 33.9 Å². The molecule has 1 aliphatic rings. The number of fused-ring (bicyclic) bond motifs is 1. The first kappa shape index (κ1) is 19.8. The molecule has 0 unspecified atom stereocenters. The molecule has 146 valence electrons. The van der Waals surface area contributed by atoms with Gasteiger partial charge >= 0.3 is 5.97 Å². The Hall–Kier alpha value is -2.00. The van der Waals surface area contributed by atoms with Crippen LogP contribution in [0.3, 0.4) is 0 Å². The molecule has 27 heavy (non-hydrogen) atoms. The number of carbonyl (C=O) groups is 2. The minimum Gasteiger partial charge on any atom is -0.456 e. The van der Waals surface area contributed by atoms with E-state index in [2.05, 4.69) is 10.3 Å². The number of rotatable bonds is 7. The Morgan fingerprint density at radius 1 is 1.33 bits per heavy atom. The van der Waals surface area contributed by atoms with E-state index in [1.54, 1.807) is 18.3 Å². The van der Waals surface area contributed by atoms with Gasteiger partial charge in [-0.25, -0.2) is 13.4 Å². The molecule has 1 N–H and O–H groups in total. The number of hydrogen-bond donors (Lipinski definition) is 1. The lowest BCUT2D eigenvalue weighted by Gasteiger charge is -2.23. The Morgan fingerprint density at radius 3 is 2.81 bits per heavy atom. The van der Waals surface area contributed by atoms with Gasteiger partial charge in [0.2, 0.25) is 0 Å². The standard InChI is InChI=1S/C18H22N2O5S2/c1-18(9-10-27(23,24)12-18)20-15(21)11-25-17(22)8-4-7-16-19-13-5-2-3-6-14(13)26-16/h2-3,5-6H,4,7-12H2,1H3,(H,20,21)/t18-/m0/s1. The van der Waals surface area contributed by atoms with Crippen molar-refractivity contribution in [3.05, 3.63) is 29.3 Å². The lowest BCUT2D eigenvalue weighted by atomic mass is 10.0. The van der Waals surface area contributed by atoms with Gasteiger partial charge in [0.15, 0.2) is 16.4 Å². The first-order chi connectivity index (χ1) is 12.7. The number of esters is 1. The van der Waals surface area contributed by atoms with Gasteiger partial charge in [-0.15, -0.1) is 11.3 Å². The largest absolute Gasteiger partial charge is 0.456 e. The molecule has 2 aromatic rings. The molecule has 2 heterocycles. The van der Waals surface area contributed by atoms with Gasteiger partial charge in [0.05, 0.1) is 32.3 Å². The maximum atomic E-state index is 11.9. The molecule has 1 fully saturated rings. The second kappa shape index (κ2) is 7.93. The van der Waals surface area contributed by atoms with Crippen LogP contribution in [0.25, 0.3) is 10.2 Å². The zero-order valence-corrected chi connectivity index (χ0v) is 16.7. The van der Waals surface area contributed by atoms with E-state index >= 15 is 0 Å². The van der Waals surface area contributed by atoms with E-state index in [1.807, 2.05) is 24.3 Å². The van der Waals surface area contributed by atoms with Crippen molar-refractivity contribution in [1.29, 1.82) is 0 Å². The molecule has 1 aromatic carbocycles. The average Bonchev–Trinajstić information content (AvgIpc) is 3.12. The third-order valence-electron chi connectivity index (χ3n) is 4.42. The summed E-state index contributed by atoms with van der Waals surface area (Å²) in [4.78, 5) is 28.3. The van der Waals surface area contributed by atoms with Crippen LogP contribution in [0.15, 0.2) is 24.3 Å². The van der Waals surface area contributed by atoms with E-state index in [-0.39, 0.29) is 17.9 Å². The number of nitrogens with zero attached hydrogens (tertiary/aromatic N) is 1. The van der Waals surface area contributed by atoms with Gasteiger partial charge in [0, 0.05) is 6.42 Å². The zero-order valence-electron chi connectivity index (χ0n) is 15.1. The van der Waals surface area contributed by atoms with Crippen LogP contribution in [0.5, 0.6) is 0 Å². The summed E-state index contributed by atoms with van der Waals surface area (Å²) in [7, 11) is -3.11. The van der Waals surface area contributed by atoms with Crippen molar-refractivity contribution in [2.24, 2.45) is 0 Å². The minimum atomic E-state index is -3.11. The predicted octanol–water partition coefficient (Wildman–Crippen LogP) is 1.86. The highest BCUT2D eigenvalue weighted by atomic mass is 32.2. The summed E-state index contributed by atoms with van der Waals surface area (Å²) >= 11 is 1.61. The Balaban J connectivity index is 1.37. The normalized spacial score (nSPS) is 21.2. The minimum absolute atomic E-state index is 0.0648. The summed E-state index contributed by atoms with van der Waals surface area (Å²) in [5, 5.41) is 3.63. The van der Waals surface area contributed by atoms with Gasteiger partial charge in [0.25, 0.3) is 5.91 Å². The van der Waals surface area contributed by atoms with E-state index in [0.29, 0.717) is 19.3 Å². The zero-order chi connectivity index (χ0) is 19.5. The first-order valence-corrected chi connectivity index (χ1v) is 11.4. The van der Waals surface area contributed by atoms with E-state index in [1.165, 1.54) is 0 Å². The second-order valence-corrected chi connectivity index (χ2v) is 10.3. The summed E-state index contributed by atoms with van der Waals surface area (Å²) in [5.74, 6) is -0.943. The van der Waals surface area contributed by atoms with Crippen LogP contribution in [-0.2, 0) is 30.6 Å². The summed E-state index contributed by atoms with van der Waals surface area (Å²) in [6, 6.07) is 7.88. The summed E-state index contributed by atoms with van der Waals surface area (Å²) in [5.41, 5.74) is 0.175. The van der Waals surface area contributed by atoms with Crippen LogP contribution in [0.4, 0.5) is 0 Å². The highest BCUT2D eigenvalue weighted by molar-refractivity contribution is 7.91. The second-order valence-electron chi connectivity index (χ2n) is 7.04. The van der Waals surface area contributed by atoms with Crippen molar-refractivity contribution in [3.8, 4) is 0 Å². The number of aryl methyl sites for hydroxylation is 1. The number of hydrogen-bond acceptors (Lipinski definition) is 7. The van der Waals surface area contributed by atoms with Crippen LogP contribution >= 0.6 is 11.3 Å². The molecular weight excluding hydrogens is 388 g/mol. The molecule has 1 atom stereocenters. The van der Waals surface area contributed by atoms with Crippen LogP contribution in [0.1, 0.15) is 31.2 Å². The van der Waals surface area contributed by atoms with Gasteiger partial charge < -0.3 is 10.1 Å². The van der Waals surface area contributed by atoms with Crippen molar-refractivity contribution in [1.82, 2.24) is 10.3 Å². The van der Waals surface area contributed by atoms with Gasteiger partial charge in [-0.1, -0.05) is 12.1 Å². The van der Waals surface area contributed by atoms with Crippen LogP contribution in [0.2, 0.25) is 0 Å². The SMILES string of the molecule is C[C@]1(NC(=O)COC(=O)CCCc2nc3ccccc3s2)CCS(=O)(=O)C1. The third kappa shape index (κ3) is 5.49. The molecule has 1 amide bonds. The van der Waals surface area contributed by atoms with Crippen LogP contribution in [0, 0.1) is 0 Å². The summed E-state index contributed by atoms with van der Waals surface area (Å²) < 4.78 is 29.2. The van der Waals surface area contributed by atoms with Crippen molar-refractivity contribution in [2.75, 3.05) is 18.1 Å². The monoisotopic (exact) mass is 410 g/mol. The van der Waals surface area contributed by atoms with E-state index in [0.717, 1.165) is 15.2 Å². The van der Waals surface area contributed by atoms with Crippen molar-refractivity contribution < 1.29 is 22.7 Å². The number of para-hydroxylation sites is 1. The maximum absolute atomic E-state index is 11.9. The number of amides is 1. The number of ether oxygens (including phenoxy) is 1. The maximum Gasteiger partial charge on any atom is 0.306 e. The highest BCUT2D eigenvalue weighted by Crippen LogP contribution is 2.23. The molecule has 7 nitrogen and oxygen atoms in total. The fourth-order valence-corrected chi connectivity index (χ4v) is 6.21. The predicted molar refractivity (Wildman–Crippen MR) is 103 cm³/mol. The Bertz CT molecular complexity index is 921. The fraction of sp³-hybridized carbons (Fsp3) is 0.500. The van der Waals surface area contributed by atoms with Gasteiger partial charge in [-0.3, -0.25) is 9.59 Å². The average molecular weight is 411 g/mol. The van der Waals surface area contributed by atoms with E-state index in [9.17, 15) is 18.0 Å². The number of sulfone groups is 1. The number of carbonyl (C=O) groups excluding carboxylic acids is 2. The van der Waals surface area contributed by atoms with Gasteiger partial charge in [-0.2, -0.15) is 0 Å². The van der Waals surface area contributed by atoms with Crippen molar-refractivity contribution in [3.63, 3.8) is 0 Å². The number of thiazole rings is 1. The molecule has 1 aromatic heterocycles. The quantitative estimate of drug-likeness (QED) is 0.699. The molecule has 1 aliphatic heterocycles. The molecule has 0 saturated carbocycles. The van der Waals surface area contributed by atoms with E-state index in [4.69, 9.17) is 4.74 Å². The molecule has 0 bridgehead atoms. The van der Waals surface area contributed by atoms with Crippen molar-refractivity contribution >= 4 is 43.3 Å². The van der Waals surface area contributed by atoms with Crippen LogP contribution in [-0.4, -0.2) is 48.9 Å². The van der Waals surface area contributed by atoms with Gasteiger partial charge in [0.1, 0.15) is 0 Å². The third-order valence-corrected chi connectivity index (χ3v) is 7.42. The Kier molecular flexibility index (Phi) is 5.81. The summed E-state index contributed by atoms with van der Waals surface area (Å²) in [6.45, 7) is 1.30. The van der Waals surface area contributed by atoms with Gasteiger partial charge in [-0.05, 0) is 38.3 Å². The molecule has 3 rings (SSSR count). The number of benzene rings is 1. The highest BCUT2D eigenvalue weighted by Gasteiger charge is 2.39. The lowest BCUT2D eigenvalue weighted by molar-refractivity contribution is -0.149. The smallest absolute Gasteiger partial charge is 0.306 e. The molecular formula is C18H22N2O5S2. The summed E-state index contributed by atoms with van der Waals surface area (Å²) in [6.07, 6.45) is 1.85. The number of aromatic nitrogens is 1. The topological polar surface area (TPSA) is 102 Å². The number of nitrogens with one attached hydrogen (secondary N) is 1. The van der Waals surface area contributed by atoms with Crippen molar-refractivity contribution in [2.45, 2.75) is 38.1 Å². The molecule has 1 saturated heterocycles. The molecule has 0 spiro atoms. The molecule has 0 aliphatic carbocycles. The molecule has 9 heteroatoms. The first-order valence-electron chi connectivity index (χ1n) is 8.76. The van der Waals surface area contributed by atoms with Crippen LogP contribution < -0.4 is 5.32 Å². The molecule has 0 radical (unpaired) electrons. The lowest BCUT2D eigenvalue weighted by Crippen LogP contribution is -2.48. The Labute approximate surface area is 162 Å². The Morgan fingerprint density at radius 2 is 2.11 bits per heavy atom.